The highest BCUT2D eigenvalue weighted by Crippen LogP contribution is 2.24. The minimum atomic E-state index is 0.901. The fraction of sp³-hybridized carbons (Fsp3) is 1.00. The van der Waals surface area contributed by atoms with Crippen molar-refractivity contribution in [2.45, 2.75) is 37.9 Å². The van der Waals surface area contributed by atoms with Crippen LogP contribution in [0.25, 0.3) is 0 Å². The van der Waals surface area contributed by atoms with E-state index in [4.69, 9.17) is 0 Å². The number of nitrogens with one attached hydrogen (secondary N) is 2. The maximum absolute atomic E-state index is 3.54. The fourth-order valence-corrected chi connectivity index (χ4v) is 2.94. The Morgan fingerprint density at radius 3 is 2.79 bits per heavy atom. The van der Waals surface area contributed by atoms with Crippen LogP contribution in [0, 0.1) is 0 Å². The summed E-state index contributed by atoms with van der Waals surface area (Å²) < 4.78 is 0. The lowest BCUT2D eigenvalue weighted by atomic mass is 10.2. The van der Waals surface area contributed by atoms with E-state index in [0.29, 0.717) is 0 Å². The van der Waals surface area contributed by atoms with Crippen LogP contribution in [0.15, 0.2) is 0 Å². The molecule has 2 nitrogen and oxygen atoms in total. The van der Waals surface area contributed by atoms with Crippen molar-refractivity contribution in [2.24, 2.45) is 0 Å². The van der Waals surface area contributed by atoms with Gasteiger partial charge in [0.1, 0.15) is 0 Å². The second-order valence-electron chi connectivity index (χ2n) is 3.94. The van der Waals surface area contributed by atoms with Crippen molar-refractivity contribution in [1.82, 2.24) is 10.6 Å². The standard InChI is InChI=1S/C11H24N2S/c1-2-6-12-7-4-8-13-10-11-5-3-9-14-11/h11-13H,2-10H2,1H3. The first kappa shape index (κ1) is 12.3. The number of hydrogen-bond acceptors (Lipinski definition) is 3. The van der Waals surface area contributed by atoms with Gasteiger partial charge in [-0.3, -0.25) is 0 Å². The molecule has 1 rings (SSSR count). The molecule has 3 heteroatoms. The Morgan fingerprint density at radius 1 is 1.21 bits per heavy atom. The van der Waals surface area contributed by atoms with Crippen LogP contribution in [0.5, 0.6) is 0 Å². The van der Waals surface area contributed by atoms with E-state index in [1.54, 1.807) is 0 Å². The predicted octanol–water partition coefficient (Wildman–Crippen LogP) is 1.86. The third kappa shape index (κ3) is 5.89. The van der Waals surface area contributed by atoms with Crippen molar-refractivity contribution in [3.05, 3.63) is 0 Å². The van der Waals surface area contributed by atoms with Gasteiger partial charge >= 0.3 is 0 Å². The first-order valence-corrected chi connectivity index (χ1v) is 7.01. The Labute approximate surface area is 92.6 Å². The summed E-state index contributed by atoms with van der Waals surface area (Å²) in [6.45, 7) is 6.94. The maximum atomic E-state index is 3.54. The molecule has 1 aliphatic heterocycles. The summed E-state index contributed by atoms with van der Waals surface area (Å²) >= 11 is 2.14. The minimum absolute atomic E-state index is 0.901. The van der Waals surface area contributed by atoms with Gasteiger partial charge in [0.15, 0.2) is 0 Å². The smallest absolute Gasteiger partial charge is 0.0172 e. The van der Waals surface area contributed by atoms with Crippen molar-refractivity contribution in [3.63, 3.8) is 0 Å². The van der Waals surface area contributed by atoms with Gasteiger partial charge in [0.05, 0.1) is 0 Å². The molecule has 2 N–H and O–H groups in total. The molecule has 0 bridgehead atoms. The quantitative estimate of drug-likeness (QED) is 0.606. The van der Waals surface area contributed by atoms with Crippen molar-refractivity contribution < 1.29 is 0 Å². The molecule has 1 aliphatic rings. The van der Waals surface area contributed by atoms with Crippen molar-refractivity contribution in [2.75, 3.05) is 31.9 Å². The zero-order valence-electron chi connectivity index (χ0n) is 9.35. The van der Waals surface area contributed by atoms with Gasteiger partial charge in [0.2, 0.25) is 0 Å². The van der Waals surface area contributed by atoms with Gasteiger partial charge in [-0.05, 0) is 51.1 Å². The molecule has 0 aromatic heterocycles. The van der Waals surface area contributed by atoms with Gasteiger partial charge in [-0.2, -0.15) is 11.8 Å². The van der Waals surface area contributed by atoms with Gasteiger partial charge in [-0.1, -0.05) is 6.92 Å². The third-order valence-electron chi connectivity index (χ3n) is 2.53. The molecule has 0 radical (unpaired) electrons. The van der Waals surface area contributed by atoms with Crippen molar-refractivity contribution in [1.29, 1.82) is 0 Å². The van der Waals surface area contributed by atoms with Crippen LogP contribution >= 0.6 is 11.8 Å². The number of rotatable bonds is 8. The van der Waals surface area contributed by atoms with E-state index in [2.05, 4.69) is 29.3 Å². The summed E-state index contributed by atoms with van der Waals surface area (Å²) in [5.74, 6) is 1.38. The SMILES string of the molecule is CCCNCCCNCC1CCCS1. The second kappa shape index (κ2) is 8.57. The van der Waals surface area contributed by atoms with Crippen LogP contribution in [0.4, 0.5) is 0 Å². The summed E-state index contributed by atoms with van der Waals surface area (Å²) in [4.78, 5) is 0. The molecule has 0 aromatic rings. The lowest BCUT2D eigenvalue weighted by molar-refractivity contribution is 0.582. The molecule has 0 aromatic carbocycles. The molecule has 0 aliphatic carbocycles. The highest BCUT2D eigenvalue weighted by molar-refractivity contribution is 8.00. The molecule has 1 saturated heterocycles. The second-order valence-corrected chi connectivity index (χ2v) is 5.35. The van der Waals surface area contributed by atoms with E-state index in [9.17, 15) is 0 Å². The summed E-state index contributed by atoms with van der Waals surface area (Å²) in [5, 5.41) is 7.86. The summed E-state index contributed by atoms with van der Waals surface area (Å²) in [5.41, 5.74) is 0. The van der Waals surface area contributed by atoms with Gasteiger partial charge < -0.3 is 10.6 Å². The summed E-state index contributed by atoms with van der Waals surface area (Å²) in [6.07, 6.45) is 5.35. The largest absolute Gasteiger partial charge is 0.317 e. The lowest BCUT2D eigenvalue weighted by Gasteiger charge is -2.09. The van der Waals surface area contributed by atoms with E-state index in [1.165, 1.54) is 57.6 Å². The van der Waals surface area contributed by atoms with Crippen LogP contribution in [0.3, 0.4) is 0 Å². The first-order valence-electron chi connectivity index (χ1n) is 5.96. The minimum Gasteiger partial charge on any atom is -0.317 e. The Hall–Kier alpha value is 0.270. The molecule has 1 atom stereocenters. The van der Waals surface area contributed by atoms with E-state index in [0.717, 1.165) is 5.25 Å². The molecule has 1 heterocycles. The molecular weight excluding hydrogens is 192 g/mol. The van der Waals surface area contributed by atoms with Crippen LogP contribution in [0.1, 0.15) is 32.6 Å². The Morgan fingerprint density at radius 2 is 2.07 bits per heavy atom. The lowest BCUT2D eigenvalue weighted by Crippen LogP contribution is -2.27. The van der Waals surface area contributed by atoms with Crippen LogP contribution < -0.4 is 10.6 Å². The molecule has 1 fully saturated rings. The van der Waals surface area contributed by atoms with E-state index < -0.39 is 0 Å². The van der Waals surface area contributed by atoms with E-state index >= 15 is 0 Å². The van der Waals surface area contributed by atoms with Crippen LogP contribution in [-0.2, 0) is 0 Å². The average molecular weight is 216 g/mol. The Balaban J connectivity index is 1.75. The zero-order chi connectivity index (χ0) is 10.1. The molecule has 0 amide bonds. The fourth-order valence-electron chi connectivity index (χ4n) is 1.71. The van der Waals surface area contributed by atoms with Crippen LogP contribution in [-0.4, -0.2) is 37.2 Å². The summed E-state index contributed by atoms with van der Waals surface area (Å²) in [6, 6.07) is 0. The average Bonchev–Trinajstić information content (AvgIpc) is 2.69. The molecule has 1 unspecified atom stereocenters. The Bertz CT molecular complexity index is 124. The molecule has 84 valence electrons. The molecule has 0 saturated carbocycles. The monoisotopic (exact) mass is 216 g/mol. The topological polar surface area (TPSA) is 24.1 Å². The molecular formula is C11H24N2S. The first-order chi connectivity index (χ1) is 6.93. The van der Waals surface area contributed by atoms with Gasteiger partial charge in [-0.25, -0.2) is 0 Å². The molecule has 0 spiro atoms. The number of thioether (sulfide) groups is 1. The molecule has 14 heavy (non-hydrogen) atoms. The highest BCUT2D eigenvalue weighted by atomic mass is 32.2. The van der Waals surface area contributed by atoms with Gasteiger partial charge in [0.25, 0.3) is 0 Å². The van der Waals surface area contributed by atoms with Crippen molar-refractivity contribution in [3.8, 4) is 0 Å². The zero-order valence-corrected chi connectivity index (χ0v) is 10.2. The van der Waals surface area contributed by atoms with E-state index in [1.807, 2.05) is 0 Å². The maximum Gasteiger partial charge on any atom is 0.0172 e. The van der Waals surface area contributed by atoms with Crippen molar-refractivity contribution >= 4 is 11.8 Å². The van der Waals surface area contributed by atoms with Gasteiger partial charge in [-0.15, -0.1) is 0 Å². The third-order valence-corrected chi connectivity index (χ3v) is 3.93. The normalized spacial score (nSPS) is 21.6. The highest BCUT2D eigenvalue weighted by Gasteiger charge is 2.13. The summed E-state index contributed by atoms with van der Waals surface area (Å²) in [7, 11) is 0. The van der Waals surface area contributed by atoms with E-state index in [-0.39, 0.29) is 0 Å². The van der Waals surface area contributed by atoms with Gasteiger partial charge in [0, 0.05) is 11.8 Å². The van der Waals surface area contributed by atoms with Crippen LogP contribution in [0.2, 0.25) is 0 Å². The number of hydrogen-bond donors (Lipinski definition) is 2. The predicted molar refractivity (Wildman–Crippen MR) is 66.1 cm³/mol. The Kier molecular flexibility index (Phi) is 7.55.